The third-order valence-corrected chi connectivity index (χ3v) is 7.04. The second kappa shape index (κ2) is 7.61. The largest absolute Gasteiger partial charge is 0.508 e. The topological polar surface area (TPSA) is 196 Å². The Labute approximate surface area is 192 Å². The van der Waals surface area contributed by atoms with Crippen molar-refractivity contribution in [1.82, 2.24) is 4.90 Å². The third kappa shape index (κ3) is 2.80. The minimum absolute atomic E-state index is 0.0245. The number of aliphatic hydroxyl groups excluding tert-OH is 2. The van der Waals surface area contributed by atoms with Gasteiger partial charge in [-0.3, -0.25) is 28.9 Å². The number of nitrogens with zero attached hydrogens (tertiary/aromatic N) is 1. The second-order valence-corrected chi connectivity index (χ2v) is 8.95. The van der Waals surface area contributed by atoms with Gasteiger partial charge in [-0.15, -0.1) is 0 Å². The summed E-state index contributed by atoms with van der Waals surface area (Å²) in [4.78, 5) is 63.0. The van der Waals surface area contributed by atoms with E-state index in [0.29, 0.717) is 6.29 Å². The zero-order valence-electron chi connectivity index (χ0n) is 18.2. The number of phenolic OH excluding ortho intramolecular Hbond substituents is 1. The molecule has 3 aliphatic carbocycles. The Morgan fingerprint density at radius 2 is 1.76 bits per heavy atom. The molecule has 0 spiro atoms. The van der Waals surface area contributed by atoms with Gasteiger partial charge in [0.05, 0.1) is 17.2 Å². The number of benzene rings is 1. The van der Waals surface area contributed by atoms with Crippen molar-refractivity contribution >= 4 is 35.8 Å². The molecule has 6 N–H and O–H groups in total. The van der Waals surface area contributed by atoms with Crippen LogP contribution in [-0.4, -0.2) is 81.1 Å². The van der Waals surface area contributed by atoms with Crippen LogP contribution in [0, 0.1) is 11.8 Å². The number of phenols is 1. The predicted octanol–water partition coefficient (Wildman–Crippen LogP) is -0.411. The van der Waals surface area contributed by atoms with Crippen LogP contribution in [0.3, 0.4) is 0 Å². The molecule has 0 aliphatic heterocycles. The molecule has 1 fully saturated rings. The van der Waals surface area contributed by atoms with Gasteiger partial charge in [-0.1, -0.05) is 0 Å². The number of Topliss-reactive ketones (excluding diaryl/α,β-unsaturated/α-hetero) is 2. The molecule has 11 nitrogen and oxygen atoms in total. The first kappa shape index (κ1) is 23.3. The molecule has 178 valence electrons. The summed E-state index contributed by atoms with van der Waals surface area (Å²) in [6.07, 6.45) is 0.599. The molecule has 0 unspecified atom stereocenters. The van der Waals surface area contributed by atoms with E-state index in [-0.39, 0.29) is 47.0 Å². The zero-order chi connectivity index (χ0) is 25.3. The van der Waals surface area contributed by atoms with Gasteiger partial charge in [0.25, 0.3) is 5.91 Å². The maximum Gasteiger partial charge on any atom is 0.255 e. The van der Waals surface area contributed by atoms with Gasteiger partial charge in [-0.25, -0.2) is 0 Å². The van der Waals surface area contributed by atoms with Crippen LogP contribution in [0.2, 0.25) is 0 Å². The Morgan fingerprint density at radius 3 is 2.29 bits per heavy atom. The molecule has 0 aromatic heterocycles. The molecule has 4 atom stereocenters. The van der Waals surface area contributed by atoms with E-state index in [1.807, 2.05) is 0 Å². The molecule has 0 heterocycles. The fourth-order valence-electron chi connectivity index (χ4n) is 5.56. The molecular formula is C23H22N2O9. The molecule has 3 aliphatic rings. The highest BCUT2D eigenvalue weighted by Crippen LogP contribution is 2.53. The van der Waals surface area contributed by atoms with Crippen LogP contribution in [0.25, 0.3) is 5.76 Å². The summed E-state index contributed by atoms with van der Waals surface area (Å²) in [5.41, 5.74) is 0.873. The number of amides is 1. The monoisotopic (exact) mass is 470 g/mol. The van der Waals surface area contributed by atoms with Crippen molar-refractivity contribution in [2.45, 2.75) is 24.5 Å². The number of aliphatic hydroxyl groups is 3. The first-order chi connectivity index (χ1) is 15.9. The number of aromatic hydroxyl groups is 1. The number of nitrogens with two attached hydrogens (primary N) is 1. The first-order valence-electron chi connectivity index (χ1n) is 10.4. The van der Waals surface area contributed by atoms with E-state index < -0.39 is 63.8 Å². The Balaban J connectivity index is 2.02. The van der Waals surface area contributed by atoms with Gasteiger partial charge in [0.2, 0.25) is 5.78 Å². The number of likely N-dealkylation sites (N-methyl/N-ethyl adjacent to an activating group) is 1. The number of hydrogen-bond acceptors (Lipinski definition) is 10. The van der Waals surface area contributed by atoms with Gasteiger partial charge < -0.3 is 26.2 Å². The van der Waals surface area contributed by atoms with Crippen LogP contribution in [0.1, 0.15) is 38.3 Å². The van der Waals surface area contributed by atoms with Crippen LogP contribution >= 0.6 is 0 Å². The van der Waals surface area contributed by atoms with Gasteiger partial charge in [0.1, 0.15) is 29.1 Å². The minimum atomic E-state index is -2.75. The minimum Gasteiger partial charge on any atom is -0.508 e. The average molecular weight is 470 g/mol. The third-order valence-electron chi connectivity index (χ3n) is 7.04. The van der Waals surface area contributed by atoms with Crippen LogP contribution < -0.4 is 5.73 Å². The van der Waals surface area contributed by atoms with E-state index in [4.69, 9.17) is 5.73 Å². The number of ketones is 2. The van der Waals surface area contributed by atoms with Crippen molar-refractivity contribution in [2.24, 2.45) is 17.6 Å². The lowest BCUT2D eigenvalue weighted by Gasteiger charge is -2.50. The maximum absolute atomic E-state index is 13.6. The highest BCUT2D eigenvalue weighted by Gasteiger charge is 2.64. The zero-order valence-corrected chi connectivity index (χ0v) is 18.2. The lowest BCUT2D eigenvalue weighted by molar-refractivity contribution is -0.153. The van der Waals surface area contributed by atoms with E-state index in [0.717, 1.165) is 6.07 Å². The molecule has 1 saturated carbocycles. The molecular weight excluding hydrogens is 448 g/mol. The normalized spacial score (nSPS) is 28.4. The van der Waals surface area contributed by atoms with Crippen LogP contribution in [0.15, 0.2) is 23.0 Å². The van der Waals surface area contributed by atoms with E-state index in [9.17, 15) is 44.4 Å². The number of aldehydes is 2. The summed E-state index contributed by atoms with van der Waals surface area (Å²) in [7, 11) is 2.99. The van der Waals surface area contributed by atoms with E-state index in [2.05, 4.69) is 0 Å². The molecule has 11 heteroatoms. The van der Waals surface area contributed by atoms with Gasteiger partial charge in [0.15, 0.2) is 17.7 Å². The van der Waals surface area contributed by atoms with E-state index in [1.165, 1.54) is 19.0 Å². The number of fused-ring (bicyclic) bond motifs is 3. The Hall–Kier alpha value is -3.83. The summed E-state index contributed by atoms with van der Waals surface area (Å²) < 4.78 is 0. The summed E-state index contributed by atoms with van der Waals surface area (Å²) in [6.45, 7) is 0. The SMILES string of the molecule is CN(C)[C@@H]1C(=O)C(C(N)=O)=C(O)[C@@]2(O)C(=O)C3=C(O)c4c(O)c(C=O)cc(C=O)c4C[C@H]3C[C@@H]12. The van der Waals surface area contributed by atoms with E-state index in [1.54, 1.807) is 0 Å². The summed E-state index contributed by atoms with van der Waals surface area (Å²) in [5, 5.41) is 43.8. The van der Waals surface area contributed by atoms with Crippen molar-refractivity contribution in [3.63, 3.8) is 0 Å². The molecule has 0 saturated heterocycles. The standard InChI is InChI=1S/C23H22N2O9/c1-25(2)16-12-5-8-4-11-9(6-26)3-10(7-27)17(28)14(11)18(29)13(8)20(31)23(12,34)21(32)15(19(16)30)22(24)33/h3,6-8,12,16,28-29,32,34H,4-5H2,1-2H3,(H2,24,33)/t8-,12-,16-,23-/m0/s1. The van der Waals surface area contributed by atoms with Gasteiger partial charge in [-0.2, -0.15) is 0 Å². The summed E-state index contributed by atoms with van der Waals surface area (Å²) in [5.74, 6) is -7.97. The van der Waals surface area contributed by atoms with Crippen molar-refractivity contribution in [3.8, 4) is 5.75 Å². The van der Waals surface area contributed by atoms with Crippen LogP contribution in [-0.2, 0) is 20.8 Å². The van der Waals surface area contributed by atoms with Crippen LogP contribution in [0.5, 0.6) is 5.75 Å². The summed E-state index contributed by atoms with van der Waals surface area (Å²) >= 11 is 0. The number of primary amides is 1. The number of carbonyl (C=O) groups excluding carboxylic acids is 5. The first-order valence-corrected chi connectivity index (χ1v) is 10.4. The van der Waals surface area contributed by atoms with E-state index >= 15 is 0 Å². The molecule has 0 bridgehead atoms. The number of hydrogen-bond donors (Lipinski definition) is 5. The Kier molecular flexibility index (Phi) is 5.22. The second-order valence-electron chi connectivity index (χ2n) is 8.95. The van der Waals surface area contributed by atoms with Gasteiger partial charge in [-0.05, 0) is 44.5 Å². The predicted molar refractivity (Wildman–Crippen MR) is 115 cm³/mol. The lowest BCUT2D eigenvalue weighted by atomic mass is 9.57. The molecule has 0 radical (unpaired) electrons. The van der Waals surface area contributed by atoms with Crippen molar-refractivity contribution in [3.05, 3.63) is 45.2 Å². The van der Waals surface area contributed by atoms with Crippen molar-refractivity contribution < 1.29 is 44.4 Å². The van der Waals surface area contributed by atoms with Gasteiger partial charge >= 0.3 is 0 Å². The summed E-state index contributed by atoms with van der Waals surface area (Å²) in [6, 6.07) is -0.0396. The smallest absolute Gasteiger partial charge is 0.255 e. The number of carbonyl (C=O) groups is 5. The highest BCUT2D eigenvalue weighted by molar-refractivity contribution is 6.24. The molecule has 1 aromatic rings. The lowest BCUT2D eigenvalue weighted by Crippen LogP contribution is -2.65. The molecule has 4 rings (SSSR count). The average Bonchev–Trinajstić information content (AvgIpc) is 2.76. The van der Waals surface area contributed by atoms with Crippen molar-refractivity contribution in [2.75, 3.05) is 14.1 Å². The number of rotatable bonds is 4. The molecule has 34 heavy (non-hydrogen) atoms. The fourth-order valence-corrected chi connectivity index (χ4v) is 5.56. The van der Waals surface area contributed by atoms with Crippen molar-refractivity contribution in [1.29, 1.82) is 0 Å². The Bertz CT molecular complexity index is 1260. The Morgan fingerprint density at radius 1 is 1.15 bits per heavy atom. The fraction of sp³-hybridized carbons (Fsp3) is 0.348. The quantitative estimate of drug-likeness (QED) is 0.285. The molecule has 1 aromatic carbocycles. The highest BCUT2D eigenvalue weighted by atomic mass is 16.3. The van der Waals surface area contributed by atoms with Gasteiger partial charge in [0, 0.05) is 17.1 Å². The van der Waals surface area contributed by atoms with Crippen LogP contribution in [0.4, 0.5) is 0 Å². The molecule has 1 amide bonds. The maximum atomic E-state index is 13.6.